The quantitative estimate of drug-likeness (QED) is 0.664. The van der Waals surface area contributed by atoms with Gasteiger partial charge in [0.1, 0.15) is 11.6 Å². The number of halogens is 1. The van der Waals surface area contributed by atoms with Crippen LogP contribution >= 0.6 is 0 Å². The van der Waals surface area contributed by atoms with Gasteiger partial charge in [-0.1, -0.05) is 44.2 Å². The number of hydrogen-bond donors (Lipinski definition) is 0. The van der Waals surface area contributed by atoms with E-state index in [1.165, 1.54) is 23.6 Å². The van der Waals surface area contributed by atoms with Crippen LogP contribution in [0.25, 0.3) is 0 Å². The van der Waals surface area contributed by atoms with Crippen molar-refractivity contribution in [2.45, 2.75) is 26.3 Å². The van der Waals surface area contributed by atoms with E-state index in [4.69, 9.17) is 9.47 Å². The molecule has 0 N–H and O–H groups in total. The fourth-order valence-electron chi connectivity index (χ4n) is 2.36. The van der Waals surface area contributed by atoms with E-state index in [0.717, 1.165) is 0 Å². The lowest BCUT2D eigenvalue weighted by Crippen LogP contribution is -2.31. The smallest absolute Gasteiger partial charge is 0.344 e. The molecule has 0 aliphatic heterocycles. The normalized spacial score (nSPS) is 10.6. The molecule has 2 rings (SSSR count). The molecule has 0 atom stereocenters. The molecule has 0 heterocycles. The topological polar surface area (TPSA) is 55.8 Å². The van der Waals surface area contributed by atoms with Gasteiger partial charge in [0.2, 0.25) is 0 Å². The first kappa shape index (κ1) is 20.4. The van der Waals surface area contributed by atoms with E-state index in [2.05, 4.69) is 13.8 Å². The van der Waals surface area contributed by atoms with Gasteiger partial charge in [-0.2, -0.15) is 0 Å². The molecular weight excluding hydrogens is 349 g/mol. The number of amides is 1. The number of hydrogen-bond acceptors (Lipinski definition) is 4. The Hall–Kier alpha value is -2.89. The lowest BCUT2D eigenvalue weighted by molar-refractivity contribution is -0.153. The second-order valence-electron chi connectivity index (χ2n) is 6.51. The Balaban J connectivity index is 1.74. The lowest BCUT2D eigenvalue weighted by Gasteiger charge is -2.17. The highest BCUT2D eigenvalue weighted by molar-refractivity contribution is 5.80. The molecule has 5 nitrogen and oxygen atoms in total. The molecule has 2 aromatic rings. The van der Waals surface area contributed by atoms with Gasteiger partial charge in [0.25, 0.3) is 5.91 Å². The van der Waals surface area contributed by atoms with Gasteiger partial charge >= 0.3 is 5.97 Å². The van der Waals surface area contributed by atoms with Crippen molar-refractivity contribution in [1.82, 2.24) is 4.90 Å². The third kappa shape index (κ3) is 6.40. The summed E-state index contributed by atoms with van der Waals surface area (Å²) in [5, 5.41) is 0. The summed E-state index contributed by atoms with van der Waals surface area (Å²) in [5.41, 5.74) is 1.57. The number of rotatable bonds is 8. The van der Waals surface area contributed by atoms with Crippen LogP contribution in [0.2, 0.25) is 0 Å². The predicted molar refractivity (Wildman–Crippen MR) is 99.9 cm³/mol. The zero-order valence-corrected chi connectivity index (χ0v) is 15.8. The van der Waals surface area contributed by atoms with Gasteiger partial charge in [0.15, 0.2) is 13.2 Å². The Labute approximate surface area is 158 Å². The standard InChI is InChI=1S/C21H24FNO4/c1-15(2)16-8-10-18(11-9-16)26-14-21(25)27-13-20(24)23(3)12-17-6-4-5-7-19(17)22/h4-11,15H,12-14H2,1-3H3. The van der Waals surface area contributed by atoms with Crippen LogP contribution in [-0.4, -0.2) is 37.0 Å². The molecule has 0 unspecified atom stereocenters. The van der Waals surface area contributed by atoms with Crippen molar-refractivity contribution in [3.63, 3.8) is 0 Å². The van der Waals surface area contributed by atoms with Crippen molar-refractivity contribution in [2.75, 3.05) is 20.3 Å². The van der Waals surface area contributed by atoms with Crippen molar-refractivity contribution in [3.8, 4) is 5.75 Å². The maximum Gasteiger partial charge on any atom is 0.344 e. The monoisotopic (exact) mass is 373 g/mol. The number of ether oxygens (including phenoxy) is 2. The molecule has 0 fully saturated rings. The Morgan fingerprint density at radius 3 is 2.33 bits per heavy atom. The summed E-state index contributed by atoms with van der Waals surface area (Å²) in [4.78, 5) is 25.1. The second-order valence-corrected chi connectivity index (χ2v) is 6.51. The van der Waals surface area contributed by atoms with E-state index in [9.17, 15) is 14.0 Å². The molecule has 2 aromatic carbocycles. The van der Waals surface area contributed by atoms with E-state index >= 15 is 0 Å². The number of carbonyl (C=O) groups excluding carboxylic acids is 2. The molecule has 0 aromatic heterocycles. The Morgan fingerprint density at radius 2 is 1.70 bits per heavy atom. The van der Waals surface area contributed by atoms with Crippen LogP contribution in [0.1, 0.15) is 30.9 Å². The fraction of sp³-hybridized carbons (Fsp3) is 0.333. The van der Waals surface area contributed by atoms with E-state index in [1.54, 1.807) is 30.3 Å². The third-order valence-corrected chi connectivity index (χ3v) is 4.05. The lowest BCUT2D eigenvalue weighted by atomic mass is 10.0. The van der Waals surface area contributed by atoms with Crippen LogP contribution in [0.15, 0.2) is 48.5 Å². The van der Waals surface area contributed by atoms with Crippen LogP contribution in [0, 0.1) is 5.82 Å². The minimum atomic E-state index is -0.643. The average molecular weight is 373 g/mol. The molecule has 6 heteroatoms. The molecule has 27 heavy (non-hydrogen) atoms. The molecule has 0 aliphatic rings. The van der Waals surface area contributed by atoms with Crippen LogP contribution < -0.4 is 4.74 Å². The SMILES string of the molecule is CC(C)c1ccc(OCC(=O)OCC(=O)N(C)Cc2ccccc2F)cc1. The summed E-state index contributed by atoms with van der Waals surface area (Å²) in [5.74, 6) is -0.481. The Kier molecular flexibility index (Phi) is 7.34. The minimum absolute atomic E-state index is 0.0990. The molecule has 0 aliphatic carbocycles. The largest absolute Gasteiger partial charge is 0.482 e. The zero-order valence-electron chi connectivity index (χ0n) is 15.8. The maximum atomic E-state index is 13.6. The van der Waals surface area contributed by atoms with Crippen molar-refractivity contribution in [2.24, 2.45) is 0 Å². The van der Waals surface area contributed by atoms with Gasteiger partial charge < -0.3 is 14.4 Å². The molecule has 0 saturated heterocycles. The van der Waals surface area contributed by atoms with E-state index < -0.39 is 18.5 Å². The number of likely N-dealkylation sites (N-methyl/N-ethyl adjacent to an activating group) is 1. The van der Waals surface area contributed by atoms with Crippen molar-refractivity contribution in [3.05, 3.63) is 65.5 Å². The molecule has 0 bridgehead atoms. The Morgan fingerprint density at radius 1 is 1.04 bits per heavy atom. The van der Waals surface area contributed by atoms with Gasteiger partial charge in [0, 0.05) is 19.2 Å². The molecule has 0 spiro atoms. The highest BCUT2D eigenvalue weighted by Gasteiger charge is 2.14. The first-order chi connectivity index (χ1) is 12.9. The number of esters is 1. The number of benzene rings is 2. The minimum Gasteiger partial charge on any atom is -0.482 e. The van der Waals surface area contributed by atoms with Crippen LogP contribution in [-0.2, 0) is 20.9 Å². The predicted octanol–water partition coefficient (Wildman–Crippen LogP) is 3.53. The first-order valence-corrected chi connectivity index (χ1v) is 8.72. The molecule has 0 saturated carbocycles. The second kappa shape index (κ2) is 9.71. The van der Waals surface area contributed by atoms with Crippen molar-refractivity contribution >= 4 is 11.9 Å². The van der Waals surface area contributed by atoms with Gasteiger partial charge in [0.05, 0.1) is 0 Å². The van der Waals surface area contributed by atoms with Crippen LogP contribution in [0.5, 0.6) is 5.75 Å². The maximum absolute atomic E-state index is 13.6. The summed E-state index contributed by atoms with van der Waals surface area (Å²) in [6, 6.07) is 13.7. The van der Waals surface area contributed by atoms with Crippen LogP contribution in [0.4, 0.5) is 4.39 Å². The van der Waals surface area contributed by atoms with Gasteiger partial charge in [-0.25, -0.2) is 9.18 Å². The molecular formula is C21H24FNO4. The van der Waals surface area contributed by atoms with Crippen molar-refractivity contribution < 1.29 is 23.5 Å². The third-order valence-electron chi connectivity index (χ3n) is 4.05. The van der Waals surface area contributed by atoms with E-state index in [1.807, 2.05) is 12.1 Å². The Bertz CT molecular complexity index is 774. The highest BCUT2D eigenvalue weighted by atomic mass is 19.1. The average Bonchev–Trinajstić information content (AvgIpc) is 2.66. The van der Waals surface area contributed by atoms with Gasteiger partial charge in [-0.3, -0.25) is 4.79 Å². The first-order valence-electron chi connectivity index (χ1n) is 8.72. The molecule has 0 radical (unpaired) electrons. The molecule has 144 valence electrons. The van der Waals surface area contributed by atoms with Gasteiger partial charge in [-0.15, -0.1) is 0 Å². The van der Waals surface area contributed by atoms with E-state index in [-0.39, 0.29) is 19.0 Å². The highest BCUT2D eigenvalue weighted by Crippen LogP contribution is 2.18. The summed E-state index contributed by atoms with van der Waals surface area (Å²) < 4.78 is 23.9. The van der Waals surface area contributed by atoms with Gasteiger partial charge in [-0.05, 0) is 29.7 Å². The summed E-state index contributed by atoms with van der Waals surface area (Å²) in [7, 11) is 1.52. The van der Waals surface area contributed by atoms with Crippen molar-refractivity contribution in [1.29, 1.82) is 0 Å². The number of carbonyl (C=O) groups is 2. The zero-order chi connectivity index (χ0) is 19.8. The molecule has 1 amide bonds. The summed E-state index contributed by atoms with van der Waals surface area (Å²) in [6.45, 7) is 3.58. The summed E-state index contributed by atoms with van der Waals surface area (Å²) >= 11 is 0. The number of nitrogens with zero attached hydrogens (tertiary/aromatic N) is 1. The fourth-order valence-corrected chi connectivity index (χ4v) is 2.36. The summed E-state index contributed by atoms with van der Waals surface area (Å²) in [6.07, 6.45) is 0. The van der Waals surface area contributed by atoms with E-state index in [0.29, 0.717) is 17.2 Å². The van der Waals surface area contributed by atoms with Crippen LogP contribution in [0.3, 0.4) is 0 Å².